The Morgan fingerprint density at radius 1 is 1.50 bits per heavy atom. The Labute approximate surface area is 118 Å². The highest BCUT2D eigenvalue weighted by Crippen LogP contribution is 2.23. The molecule has 2 heterocycles. The summed E-state index contributed by atoms with van der Waals surface area (Å²) >= 11 is 12.3. The van der Waals surface area contributed by atoms with Crippen LogP contribution in [-0.4, -0.2) is 46.4 Å². The van der Waals surface area contributed by atoms with E-state index in [0.717, 1.165) is 42.7 Å². The fourth-order valence-electron chi connectivity index (χ4n) is 2.25. The number of alkyl halides is 1. The molecule has 4 nitrogen and oxygen atoms in total. The minimum absolute atomic E-state index is 0.261. The SMILES string of the molecule is CCn1nc(C)c(Cl)c1CN1CCOCC1CCl. The van der Waals surface area contributed by atoms with Gasteiger partial charge in [0.2, 0.25) is 0 Å². The molecule has 1 atom stereocenters. The molecule has 1 aromatic rings. The van der Waals surface area contributed by atoms with E-state index in [9.17, 15) is 0 Å². The van der Waals surface area contributed by atoms with E-state index in [2.05, 4.69) is 16.9 Å². The Morgan fingerprint density at radius 2 is 2.28 bits per heavy atom. The molecule has 0 amide bonds. The van der Waals surface area contributed by atoms with E-state index in [0.29, 0.717) is 12.5 Å². The third kappa shape index (κ3) is 2.82. The number of ether oxygens (including phenoxy) is 1. The van der Waals surface area contributed by atoms with Gasteiger partial charge in [0.25, 0.3) is 0 Å². The quantitative estimate of drug-likeness (QED) is 0.798. The molecule has 0 aliphatic carbocycles. The highest BCUT2D eigenvalue weighted by molar-refractivity contribution is 6.31. The van der Waals surface area contributed by atoms with E-state index in [1.165, 1.54) is 0 Å². The van der Waals surface area contributed by atoms with Crippen molar-refractivity contribution in [2.24, 2.45) is 0 Å². The molecule has 6 heteroatoms. The molecule has 1 aliphatic heterocycles. The standard InChI is InChI=1S/C12H19Cl2N3O/c1-3-17-11(12(14)9(2)15-17)7-16-4-5-18-8-10(16)6-13/h10H,3-8H2,1-2H3. The van der Waals surface area contributed by atoms with Crippen LogP contribution in [0.2, 0.25) is 5.02 Å². The van der Waals surface area contributed by atoms with Gasteiger partial charge in [-0.15, -0.1) is 11.6 Å². The first-order valence-electron chi connectivity index (χ1n) is 6.26. The highest BCUT2D eigenvalue weighted by Gasteiger charge is 2.25. The fourth-order valence-corrected chi connectivity index (χ4v) is 2.73. The minimum atomic E-state index is 0.261. The van der Waals surface area contributed by atoms with Crippen molar-refractivity contribution in [2.45, 2.75) is 33.0 Å². The van der Waals surface area contributed by atoms with Gasteiger partial charge in [0, 0.05) is 31.6 Å². The van der Waals surface area contributed by atoms with E-state index in [4.69, 9.17) is 27.9 Å². The molecule has 0 spiro atoms. The molecule has 0 saturated carbocycles. The lowest BCUT2D eigenvalue weighted by atomic mass is 10.2. The first-order chi connectivity index (χ1) is 8.67. The summed E-state index contributed by atoms with van der Waals surface area (Å²) < 4.78 is 7.42. The highest BCUT2D eigenvalue weighted by atomic mass is 35.5. The number of nitrogens with zero attached hydrogens (tertiary/aromatic N) is 3. The number of rotatable bonds is 4. The first kappa shape index (κ1) is 14.1. The molecule has 0 radical (unpaired) electrons. The van der Waals surface area contributed by atoms with Crippen molar-refractivity contribution in [3.05, 3.63) is 16.4 Å². The van der Waals surface area contributed by atoms with Crippen LogP contribution in [0.1, 0.15) is 18.3 Å². The van der Waals surface area contributed by atoms with Gasteiger partial charge in [-0.1, -0.05) is 11.6 Å². The summed E-state index contributed by atoms with van der Waals surface area (Å²) in [6.45, 7) is 7.97. The minimum Gasteiger partial charge on any atom is -0.378 e. The molecule has 0 N–H and O–H groups in total. The average Bonchev–Trinajstić information content (AvgIpc) is 2.67. The number of hydrogen-bond acceptors (Lipinski definition) is 3. The van der Waals surface area contributed by atoms with E-state index in [1.54, 1.807) is 0 Å². The summed E-state index contributed by atoms with van der Waals surface area (Å²) in [5, 5.41) is 5.21. The second-order valence-corrected chi connectivity index (χ2v) is 5.20. The van der Waals surface area contributed by atoms with E-state index in [-0.39, 0.29) is 6.04 Å². The zero-order valence-electron chi connectivity index (χ0n) is 10.8. The molecular weight excluding hydrogens is 273 g/mol. The van der Waals surface area contributed by atoms with Gasteiger partial charge in [-0.3, -0.25) is 9.58 Å². The predicted molar refractivity (Wildman–Crippen MR) is 73.4 cm³/mol. The monoisotopic (exact) mass is 291 g/mol. The normalized spacial score (nSPS) is 21.4. The Kier molecular flexibility index (Phi) is 4.90. The second-order valence-electron chi connectivity index (χ2n) is 4.52. The molecule has 102 valence electrons. The van der Waals surface area contributed by atoms with Gasteiger partial charge in [0.15, 0.2) is 0 Å². The summed E-state index contributed by atoms with van der Waals surface area (Å²) in [4.78, 5) is 2.32. The van der Waals surface area contributed by atoms with Gasteiger partial charge in [0.1, 0.15) is 0 Å². The summed E-state index contributed by atoms with van der Waals surface area (Å²) in [5.41, 5.74) is 1.97. The van der Waals surface area contributed by atoms with Crippen LogP contribution >= 0.6 is 23.2 Å². The van der Waals surface area contributed by atoms with Gasteiger partial charge in [0.05, 0.1) is 29.6 Å². The third-order valence-electron chi connectivity index (χ3n) is 3.33. The van der Waals surface area contributed by atoms with Crippen molar-refractivity contribution in [3.63, 3.8) is 0 Å². The summed E-state index contributed by atoms with van der Waals surface area (Å²) in [7, 11) is 0. The van der Waals surface area contributed by atoms with Crippen molar-refractivity contribution in [3.8, 4) is 0 Å². The van der Waals surface area contributed by atoms with Crippen LogP contribution in [-0.2, 0) is 17.8 Å². The van der Waals surface area contributed by atoms with Gasteiger partial charge in [-0.25, -0.2) is 0 Å². The molecule has 18 heavy (non-hydrogen) atoms. The largest absolute Gasteiger partial charge is 0.378 e. The van der Waals surface area contributed by atoms with Gasteiger partial charge < -0.3 is 4.74 Å². The van der Waals surface area contributed by atoms with Gasteiger partial charge in [-0.2, -0.15) is 5.10 Å². The molecular formula is C12H19Cl2N3O. The van der Waals surface area contributed by atoms with Crippen LogP contribution in [0.15, 0.2) is 0 Å². The van der Waals surface area contributed by atoms with E-state index < -0.39 is 0 Å². The molecule has 0 aromatic carbocycles. The van der Waals surface area contributed by atoms with Gasteiger partial charge in [-0.05, 0) is 13.8 Å². The Morgan fingerprint density at radius 3 is 2.94 bits per heavy atom. The summed E-state index contributed by atoms with van der Waals surface area (Å²) in [6, 6.07) is 0.261. The summed E-state index contributed by atoms with van der Waals surface area (Å²) in [5.74, 6) is 0.580. The number of morpholine rings is 1. The maximum Gasteiger partial charge on any atom is 0.0860 e. The molecule has 1 aromatic heterocycles. The smallest absolute Gasteiger partial charge is 0.0860 e. The maximum absolute atomic E-state index is 6.33. The average molecular weight is 292 g/mol. The van der Waals surface area contributed by atoms with Crippen LogP contribution in [0.25, 0.3) is 0 Å². The Bertz CT molecular complexity index is 408. The third-order valence-corrected chi connectivity index (χ3v) is 4.18. The van der Waals surface area contributed by atoms with Crippen molar-refractivity contribution in [2.75, 3.05) is 25.6 Å². The van der Waals surface area contributed by atoms with E-state index >= 15 is 0 Å². The maximum atomic E-state index is 6.33. The fraction of sp³-hybridized carbons (Fsp3) is 0.750. The van der Waals surface area contributed by atoms with Crippen molar-refractivity contribution >= 4 is 23.2 Å². The van der Waals surface area contributed by atoms with Crippen LogP contribution < -0.4 is 0 Å². The molecule has 2 rings (SSSR count). The van der Waals surface area contributed by atoms with Crippen LogP contribution in [0, 0.1) is 6.92 Å². The molecule has 1 saturated heterocycles. The second kappa shape index (κ2) is 6.24. The number of halogens is 2. The first-order valence-corrected chi connectivity index (χ1v) is 7.18. The molecule has 1 aliphatic rings. The van der Waals surface area contributed by atoms with E-state index in [1.807, 2.05) is 11.6 Å². The molecule has 1 unspecified atom stereocenters. The topological polar surface area (TPSA) is 30.3 Å². The number of aryl methyl sites for hydroxylation is 2. The zero-order valence-corrected chi connectivity index (χ0v) is 12.3. The van der Waals surface area contributed by atoms with Crippen molar-refractivity contribution in [1.82, 2.24) is 14.7 Å². The summed E-state index contributed by atoms with van der Waals surface area (Å²) in [6.07, 6.45) is 0. The van der Waals surface area contributed by atoms with Crippen LogP contribution in [0.3, 0.4) is 0 Å². The predicted octanol–water partition coefficient (Wildman–Crippen LogP) is 2.30. The van der Waals surface area contributed by atoms with Crippen LogP contribution in [0.4, 0.5) is 0 Å². The van der Waals surface area contributed by atoms with Crippen LogP contribution in [0.5, 0.6) is 0 Å². The molecule has 0 bridgehead atoms. The Hall–Kier alpha value is -0.290. The van der Waals surface area contributed by atoms with Gasteiger partial charge >= 0.3 is 0 Å². The van der Waals surface area contributed by atoms with Crippen molar-refractivity contribution in [1.29, 1.82) is 0 Å². The Balaban J connectivity index is 2.17. The lowest BCUT2D eigenvalue weighted by Crippen LogP contribution is -2.46. The lowest BCUT2D eigenvalue weighted by molar-refractivity contribution is -0.00413. The number of hydrogen-bond donors (Lipinski definition) is 0. The molecule has 1 fully saturated rings. The number of aromatic nitrogens is 2. The lowest BCUT2D eigenvalue weighted by Gasteiger charge is -2.34. The van der Waals surface area contributed by atoms with Crippen molar-refractivity contribution < 1.29 is 4.74 Å². The zero-order chi connectivity index (χ0) is 13.1.